The van der Waals surface area contributed by atoms with Gasteiger partial charge in [-0.3, -0.25) is 9.59 Å². The molecule has 1 aliphatic heterocycles. The summed E-state index contributed by atoms with van der Waals surface area (Å²) in [6.45, 7) is 2.41. The molecule has 4 rings (SSSR count). The second-order valence-corrected chi connectivity index (χ2v) is 7.24. The number of amides is 2. The zero-order chi connectivity index (χ0) is 22.7. The Labute approximate surface area is 186 Å². The minimum absolute atomic E-state index is 0.147. The summed E-state index contributed by atoms with van der Waals surface area (Å²) in [6.07, 6.45) is 0.147. The molecule has 0 atom stereocenters. The van der Waals surface area contributed by atoms with E-state index in [9.17, 15) is 9.59 Å². The molecule has 3 aromatic carbocycles. The number of ether oxygens (including phenoxy) is 3. The quantitative estimate of drug-likeness (QED) is 0.613. The molecule has 1 heterocycles. The predicted molar refractivity (Wildman–Crippen MR) is 122 cm³/mol. The highest BCUT2D eigenvalue weighted by atomic mass is 16.5. The van der Waals surface area contributed by atoms with Crippen molar-refractivity contribution in [2.45, 2.75) is 13.3 Å². The first kappa shape index (κ1) is 21.2. The van der Waals surface area contributed by atoms with Crippen molar-refractivity contribution in [3.63, 3.8) is 0 Å². The maximum absolute atomic E-state index is 13.2. The molecule has 0 radical (unpaired) electrons. The molecular weight excluding hydrogens is 408 g/mol. The number of rotatable bonds is 6. The Bertz CT molecular complexity index is 1170. The first-order valence-electron chi connectivity index (χ1n) is 10.3. The van der Waals surface area contributed by atoms with Crippen molar-refractivity contribution in [1.82, 2.24) is 0 Å². The lowest BCUT2D eigenvalue weighted by molar-refractivity contribution is -0.115. The SMILES string of the molecule is CCN1C(=O)c2cc(NC(=O)Cc3ccc(OC)c(OC)c3)ccc2Oc2ccccc21. The topological polar surface area (TPSA) is 77.1 Å². The highest BCUT2D eigenvalue weighted by Crippen LogP contribution is 2.39. The van der Waals surface area contributed by atoms with Crippen LogP contribution < -0.4 is 24.4 Å². The Balaban J connectivity index is 1.55. The van der Waals surface area contributed by atoms with Crippen LogP contribution in [0.3, 0.4) is 0 Å². The van der Waals surface area contributed by atoms with Crippen molar-refractivity contribution >= 4 is 23.2 Å². The Morgan fingerprint density at radius 2 is 1.75 bits per heavy atom. The third-order valence-corrected chi connectivity index (χ3v) is 5.24. The monoisotopic (exact) mass is 432 g/mol. The molecule has 7 nitrogen and oxygen atoms in total. The van der Waals surface area contributed by atoms with Crippen molar-refractivity contribution in [2.75, 3.05) is 31.0 Å². The van der Waals surface area contributed by atoms with Gasteiger partial charge in [-0.2, -0.15) is 0 Å². The average Bonchev–Trinajstić information content (AvgIpc) is 2.92. The van der Waals surface area contributed by atoms with Gasteiger partial charge in [0.25, 0.3) is 5.91 Å². The molecule has 7 heteroatoms. The second-order valence-electron chi connectivity index (χ2n) is 7.24. The van der Waals surface area contributed by atoms with Crippen LogP contribution in [0.15, 0.2) is 60.7 Å². The average molecular weight is 432 g/mol. The van der Waals surface area contributed by atoms with Crippen LogP contribution in [0.25, 0.3) is 0 Å². The van der Waals surface area contributed by atoms with Crippen molar-refractivity contribution in [1.29, 1.82) is 0 Å². The van der Waals surface area contributed by atoms with Crippen LogP contribution >= 0.6 is 0 Å². The summed E-state index contributed by atoms with van der Waals surface area (Å²) in [4.78, 5) is 27.5. The van der Waals surface area contributed by atoms with E-state index >= 15 is 0 Å². The van der Waals surface area contributed by atoms with Gasteiger partial charge in [0, 0.05) is 12.2 Å². The summed E-state index contributed by atoms with van der Waals surface area (Å²) in [5, 5.41) is 2.86. The molecule has 1 aliphatic rings. The third-order valence-electron chi connectivity index (χ3n) is 5.24. The molecule has 1 N–H and O–H groups in total. The van der Waals surface area contributed by atoms with Gasteiger partial charge in [0.05, 0.1) is 31.9 Å². The standard InChI is InChI=1S/C25H24N2O5/c1-4-27-19-7-5-6-8-21(19)32-20-12-10-17(15-18(20)25(27)29)26-24(28)14-16-9-11-22(30-2)23(13-16)31-3/h5-13,15H,4,14H2,1-3H3,(H,26,28). The first-order chi connectivity index (χ1) is 15.5. The molecule has 32 heavy (non-hydrogen) atoms. The minimum atomic E-state index is -0.213. The summed E-state index contributed by atoms with van der Waals surface area (Å²) < 4.78 is 16.5. The van der Waals surface area contributed by atoms with Crippen LogP contribution in [0, 0.1) is 0 Å². The van der Waals surface area contributed by atoms with E-state index in [4.69, 9.17) is 14.2 Å². The number of methoxy groups -OCH3 is 2. The van der Waals surface area contributed by atoms with Gasteiger partial charge in [-0.15, -0.1) is 0 Å². The van der Waals surface area contributed by atoms with Gasteiger partial charge in [-0.1, -0.05) is 18.2 Å². The fraction of sp³-hybridized carbons (Fsp3) is 0.200. The molecule has 0 unspecified atom stereocenters. The molecule has 0 saturated carbocycles. The number of hydrogen-bond donors (Lipinski definition) is 1. The van der Waals surface area contributed by atoms with Gasteiger partial charge in [0.2, 0.25) is 5.91 Å². The van der Waals surface area contributed by atoms with Crippen LogP contribution in [0.5, 0.6) is 23.0 Å². The number of hydrogen-bond acceptors (Lipinski definition) is 5. The molecule has 164 valence electrons. The summed E-state index contributed by atoms with van der Waals surface area (Å²) in [5.74, 6) is 1.84. The lowest BCUT2D eigenvalue weighted by atomic mass is 10.1. The van der Waals surface area contributed by atoms with Crippen LogP contribution in [0.2, 0.25) is 0 Å². The van der Waals surface area contributed by atoms with E-state index in [1.165, 1.54) is 0 Å². The number of carbonyl (C=O) groups excluding carboxylic acids is 2. The summed E-state index contributed by atoms with van der Waals surface area (Å²) in [6, 6.07) is 17.8. The lowest BCUT2D eigenvalue weighted by Gasteiger charge is -2.19. The van der Waals surface area contributed by atoms with Gasteiger partial charge < -0.3 is 24.4 Å². The van der Waals surface area contributed by atoms with E-state index in [1.807, 2.05) is 37.3 Å². The zero-order valence-electron chi connectivity index (χ0n) is 18.2. The maximum Gasteiger partial charge on any atom is 0.262 e. The van der Waals surface area contributed by atoms with E-state index in [0.29, 0.717) is 40.8 Å². The second kappa shape index (κ2) is 9.01. The van der Waals surface area contributed by atoms with Gasteiger partial charge in [-0.05, 0) is 55.0 Å². The van der Waals surface area contributed by atoms with E-state index in [2.05, 4.69) is 5.32 Å². The molecule has 0 saturated heterocycles. The van der Waals surface area contributed by atoms with Crippen molar-refractivity contribution < 1.29 is 23.8 Å². The lowest BCUT2D eigenvalue weighted by Crippen LogP contribution is -2.29. The fourth-order valence-electron chi connectivity index (χ4n) is 3.70. The third kappa shape index (κ3) is 4.09. The summed E-state index contributed by atoms with van der Waals surface area (Å²) >= 11 is 0. The molecule has 0 bridgehead atoms. The molecule has 0 fully saturated rings. The number of para-hydroxylation sites is 2. The van der Waals surface area contributed by atoms with Crippen molar-refractivity contribution in [2.24, 2.45) is 0 Å². The number of nitrogens with one attached hydrogen (secondary N) is 1. The predicted octanol–water partition coefficient (Wildman–Crippen LogP) is 4.66. The van der Waals surface area contributed by atoms with Gasteiger partial charge in [-0.25, -0.2) is 0 Å². The molecular formula is C25H24N2O5. The maximum atomic E-state index is 13.2. The van der Waals surface area contributed by atoms with Crippen LogP contribution in [-0.4, -0.2) is 32.6 Å². The van der Waals surface area contributed by atoms with Gasteiger partial charge in [0.15, 0.2) is 17.2 Å². The Morgan fingerprint density at radius 1 is 0.969 bits per heavy atom. The molecule has 0 aromatic heterocycles. The van der Waals surface area contributed by atoms with E-state index < -0.39 is 0 Å². The largest absolute Gasteiger partial charge is 0.493 e. The number of nitrogens with zero attached hydrogens (tertiary/aromatic N) is 1. The van der Waals surface area contributed by atoms with Crippen molar-refractivity contribution in [3.8, 4) is 23.0 Å². The van der Waals surface area contributed by atoms with E-state index in [-0.39, 0.29) is 18.2 Å². The van der Waals surface area contributed by atoms with Crippen molar-refractivity contribution in [3.05, 3.63) is 71.8 Å². The smallest absolute Gasteiger partial charge is 0.262 e. The Morgan fingerprint density at radius 3 is 2.50 bits per heavy atom. The zero-order valence-corrected chi connectivity index (χ0v) is 18.2. The van der Waals surface area contributed by atoms with Crippen LogP contribution in [0.1, 0.15) is 22.8 Å². The summed E-state index contributed by atoms with van der Waals surface area (Å²) in [5.41, 5.74) is 2.41. The van der Waals surface area contributed by atoms with Gasteiger partial charge >= 0.3 is 0 Å². The number of anilines is 2. The Hall–Kier alpha value is -4.00. The summed E-state index contributed by atoms with van der Waals surface area (Å²) in [7, 11) is 3.11. The molecule has 3 aromatic rings. The molecule has 0 spiro atoms. The number of fused-ring (bicyclic) bond motifs is 2. The fourth-order valence-corrected chi connectivity index (χ4v) is 3.70. The van der Waals surface area contributed by atoms with Crippen LogP contribution in [-0.2, 0) is 11.2 Å². The van der Waals surface area contributed by atoms with Gasteiger partial charge in [0.1, 0.15) is 5.75 Å². The van der Waals surface area contributed by atoms with E-state index in [1.54, 1.807) is 49.5 Å². The van der Waals surface area contributed by atoms with Crippen LogP contribution in [0.4, 0.5) is 11.4 Å². The first-order valence-corrected chi connectivity index (χ1v) is 10.3. The molecule has 0 aliphatic carbocycles. The Kier molecular flexibility index (Phi) is 5.98. The highest BCUT2D eigenvalue weighted by Gasteiger charge is 2.27. The minimum Gasteiger partial charge on any atom is -0.493 e. The molecule has 2 amide bonds. The normalized spacial score (nSPS) is 12.2. The van der Waals surface area contributed by atoms with E-state index in [0.717, 1.165) is 11.3 Å². The number of benzene rings is 3. The highest BCUT2D eigenvalue weighted by molar-refractivity contribution is 6.10. The number of carbonyl (C=O) groups is 2.